The van der Waals surface area contributed by atoms with Gasteiger partial charge >= 0.3 is 0 Å². The Hall–Kier alpha value is -3.39. The molecule has 4 heterocycles. The number of ether oxygens (including phenoxy) is 1. The van der Waals surface area contributed by atoms with Crippen LogP contribution < -0.4 is 15.4 Å². The largest absolute Gasteiger partial charge is 0.496 e. The first-order valence-electron chi connectivity index (χ1n) is 8.65. The van der Waals surface area contributed by atoms with E-state index in [0.717, 1.165) is 45.5 Å². The van der Waals surface area contributed by atoms with Crippen molar-refractivity contribution in [2.75, 3.05) is 19.0 Å². The van der Waals surface area contributed by atoms with Crippen LogP contribution in [0.25, 0.3) is 33.2 Å². The molecule has 0 radical (unpaired) electrons. The normalized spacial score (nSPS) is 16.0. The number of amides is 1. The second-order valence-electron chi connectivity index (χ2n) is 6.64. The van der Waals surface area contributed by atoms with Crippen molar-refractivity contribution in [2.45, 2.75) is 6.04 Å². The van der Waals surface area contributed by atoms with E-state index in [9.17, 15) is 4.79 Å². The van der Waals surface area contributed by atoms with Gasteiger partial charge in [0.15, 0.2) is 0 Å². The van der Waals surface area contributed by atoms with Gasteiger partial charge in [0.1, 0.15) is 11.6 Å². The van der Waals surface area contributed by atoms with Crippen molar-refractivity contribution >= 4 is 33.7 Å². The van der Waals surface area contributed by atoms with Crippen LogP contribution >= 0.6 is 0 Å². The van der Waals surface area contributed by atoms with Crippen LogP contribution in [0.15, 0.2) is 36.8 Å². The highest BCUT2D eigenvalue weighted by Crippen LogP contribution is 2.36. The van der Waals surface area contributed by atoms with E-state index >= 15 is 0 Å². The molecule has 0 unspecified atom stereocenters. The summed E-state index contributed by atoms with van der Waals surface area (Å²) in [6.45, 7) is 0.721. The number of anilines is 1. The van der Waals surface area contributed by atoms with E-state index in [0.29, 0.717) is 5.82 Å². The van der Waals surface area contributed by atoms with Crippen molar-refractivity contribution in [1.82, 2.24) is 24.8 Å². The number of pyridine rings is 1. The molecule has 27 heavy (non-hydrogen) atoms. The third-order valence-corrected chi connectivity index (χ3v) is 4.92. The van der Waals surface area contributed by atoms with Crippen molar-refractivity contribution in [3.05, 3.63) is 36.8 Å². The Morgan fingerprint density at radius 3 is 2.93 bits per heavy atom. The molecule has 8 nitrogen and oxygen atoms in total. The van der Waals surface area contributed by atoms with Crippen LogP contribution in [0.3, 0.4) is 0 Å². The summed E-state index contributed by atoms with van der Waals surface area (Å²) in [7, 11) is 3.64. The first-order chi connectivity index (χ1) is 13.1. The molecule has 0 aliphatic carbocycles. The Balaban J connectivity index is 1.60. The molecule has 136 valence electrons. The molecule has 1 atom stereocenters. The minimum Gasteiger partial charge on any atom is -0.496 e. The highest BCUT2D eigenvalue weighted by molar-refractivity contribution is 5.98. The number of hydrogen-bond donors (Lipinski definition) is 3. The number of nitrogens with one attached hydrogen (secondary N) is 3. The molecule has 3 aromatic heterocycles. The number of aromatic nitrogens is 4. The molecule has 1 aromatic carbocycles. The lowest BCUT2D eigenvalue weighted by Crippen LogP contribution is -2.20. The number of carbonyl (C=O) groups excluding carboxylic acids is 1. The molecule has 8 heteroatoms. The van der Waals surface area contributed by atoms with Gasteiger partial charge in [0.05, 0.1) is 47.9 Å². The van der Waals surface area contributed by atoms with Crippen molar-refractivity contribution in [3.8, 4) is 17.0 Å². The number of imidazole rings is 1. The lowest BCUT2D eigenvalue weighted by Gasteiger charge is -2.10. The van der Waals surface area contributed by atoms with Crippen LogP contribution in [-0.2, 0) is 11.8 Å². The monoisotopic (exact) mass is 362 g/mol. The predicted molar refractivity (Wildman–Crippen MR) is 103 cm³/mol. The summed E-state index contributed by atoms with van der Waals surface area (Å²) in [5.74, 6) is 1.26. The molecule has 4 aromatic rings. The first-order valence-corrected chi connectivity index (χ1v) is 8.65. The SMILES string of the molecule is COc1cc2[nH]cnc2cc1-c1cc2cc(NC(=O)[C@@H]3CN3)ncc2n1C. The zero-order chi connectivity index (χ0) is 18.5. The van der Waals surface area contributed by atoms with Crippen LogP contribution in [0.1, 0.15) is 0 Å². The fourth-order valence-electron chi connectivity index (χ4n) is 3.35. The van der Waals surface area contributed by atoms with E-state index in [1.807, 2.05) is 25.2 Å². The predicted octanol–water partition coefficient (Wildman–Crippen LogP) is 2.04. The highest BCUT2D eigenvalue weighted by atomic mass is 16.5. The molecule has 5 rings (SSSR count). The van der Waals surface area contributed by atoms with Crippen LogP contribution in [0, 0.1) is 0 Å². The highest BCUT2D eigenvalue weighted by Gasteiger charge is 2.29. The summed E-state index contributed by atoms with van der Waals surface area (Å²) < 4.78 is 7.66. The number of aromatic amines is 1. The topological polar surface area (TPSA) is 107 Å². The zero-order valence-electron chi connectivity index (χ0n) is 14.9. The number of fused-ring (bicyclic) bond motifs is 2. The van der Waals surface area contributed by atoms with Gasteiger partial charge in [0, 0.05) is 30.6 Å². The third kappa shape index (κ3) is 2.61. The van der Waals surface area contributed by atoms with Crippen LogP contribution in [0.4, 0.5) is 5.82 Å². The molecule has 0 saturated carbocycles. The van der Waals surface area contributed by atoms with Crippen LogP contribution in [0.5, 0.6) is 5.75 Å². The summed E-state index contributed by atoms with van der Waals surface area (Å²) in [5.41, 5.74) is 4.70. The molecule has 1 amide bonds. The maximum absolute atomic E-state index is 11.9. The second kappa shape index (κ2) is 5.82. The van der Waals surface area contributed by atoms with Crippen molar-refractivity contribution in [2.24, 2.45) is 7.05 Å². The van der Waals surface area contributed by atoms with Crippen molar-refractivity contribution in [3.63, 3.8) is 0 Å². The van der Waals surface area contributed by atoms with Crippen LogP contribution in [0.2, 0.25) is 0 Å². The molecule has 1 saturated heterocycles. The average molecular weight is 362 g/mol. The maximum atomic E-state index is 11.9. The summed E-state index contributed by atoms with van der Waals surface area (Å²) in [6.07, 6.45) is 3.44. The number of benzene rings is 1. The van der Waals surface area contributed by atoms with Gasteiger partial charge in [0.25, 0.3) is 0 Å². The lowest BCUT2D eigenvalue weighted by molar-refractivity contribution is -0.115. The van der Waals surface area contributed by atoms with Crippen molar-refractivity contribution in [1.29, 1.82) is 0 Å². The molecule has 0 bridgehead atoms. The fourth-order valence-corrected chi connectivity index (χ4v) is 3.35. The quantitative estimate of drug-likeness (QED) is 0.482. The Bertz CT molecular complexity index is 1190. The summed E-state index contributed by atoms with van der Waals surface area (Å²) in [4.78, 5) is 23.8. The summed E-state index contributed by atoms with van der Waals surface area (Å²) in [5, 5.41) is 6.82. The summed E-state index contributed by atoms with van der Waals surface area (Å²) in [6, 6.07) is 7.81. The van der Waals surface area contributed by atoms with Crippen LogP contribution in [-0.4, -0.2) is 45.1 Å². The third-order valence-electron chi connectivity index (χ3n) is 4.92. The molecule has 3 N–H and O–H groups in total. The number of methoxy groups -OCH3 is 1. The fraction of sp³-hybridized carbons (Fsp3) is 0.211. The Morgan fingerprint density at radius 1 is 1.30 bits per heavy atom. The number of H-pyrrole nitrogens is 1. The maximum Gasteiger partial charge on any atom is 0.243 e. The number of carbonyl (C=O) groups is 1. The number of hydrogen-bond acceptors (Lipinski definition) is 5. The van der Waals surface area contributed by atoms with Gasteiger partial charge in [-0.3, -0.25) is 4.79 Å². The van der Waals surface area contributed by atoms with E-state index in [1.54, 1.807) is 19.6 Å². The second-order valence-corrected chi connectivity index (χ2v) is 6.64. The minimum absolute atomic E-state index is 0.0522. The van der Waals surface area contributed by atoms with Gasteiger partial charge < -0.3 is 24.9 Å². The van der Waals surface area contributed by atoms with E-state index in [-0.39, 0.29) is 11.9 Å². The molecular formula is C19H18N6O2. The first kappa shape index (κ1) is 15.8. The van der Waals surface area contributed by atoms with Gasteiger partial charge in [-0.1, -0.05) is 0 Å². The summed E-state index contributed by atoms with van der Waals surface area (Å²) >= 11 is 0. The van der Waals surface area contributed by atoms with Crippen molar-refractivity contribution < 1.29 is 9.53 Å². The molecule has 1 aliphatic heterocycles. The number of rotatable bonds is 4. The van der Waals surface area contributed by atoms with Gasteiger partial charge in [-0.2, -0.15) is 0 Å². The standard InChI is InChI=1S/C19H18N6O2/c1-25-15(11-5-12-13(23-9-22-12)6-17(11)27-2)3-10-4-18(21-8-16(10)25)24-19(26)14-7-20-14/h3-6,8-9,14,20H,7H2,1-2H3,(H,22,23)(H,21,24,26)/t14-/m0/s1. The smallest absolute Gasteiger partial charge is 0.243 e. The molecule has 0 spiro atoms. The van der Waals surface area contributed by atoms with E-state index in [2.05, 4.69) is 36.2 Å². The number of nitrogens with zero attached hydrogens (tertiary/aromatic N) is 3. The molecule has 1 aliphatic rings. The van der Waals surface area contributed by atoms with Gasteiger partial charge in [0.2, 0.25) is 5.91 Å². The number of aryl methyl sites for hydroxylation is 1. The minimum atomic E-state index is -0.0985. The lowest BCUT2D eigenvalue weighted by atomic mass is 10.1. The van der Waals surface area contributed by atoms with Gasteiger partial charge in [-0.05, 0) is 18.2 Å². The van der Waals surface area contributed by atoms with E-state index in [1.165, 1.54) is 0 Å². The van der Waals surface area contributed by atoms with Gasteiger partial charge in [-0.15, -0.1) is 0 Å². The van der Waals surface area contributed by atoms with Gasteiger partial charge in [-0.25, -0.2) is 9.97 Å². The zero-order valence-corrected chi connectivity index (χ0v) is 14.9. The van der Waals surface area contributed by atoms with E-state index in [4.69, 9.17) is 4.74 Å². The molecule has 1 fully saturated rings. The Kier molecular flexibility index (Phi) is 3.41. The Morgan fingerprint density at radius 2 is 2.15 bits per heavy atom. The molecular weight excluding hydrogens is 344 g/mol. The van der Waals surface area contributed by atoms with E-state index < -0.39 is 0 Å². The average Bonchev–Trinajstić information content (AvgIpc) is 3.35. The Labute approximate surface area is 154 Å².